The predicted molar refractivity (Wildman–Crippen MR) is 84.4 cm³/mol. The standard InChI is InChI=1S/C12H14N3O6PS/c1-6(2)21-10(16)7-3-4-8-9(5-7)23-12(13-8)14-11(17)15-22(18,19)20/h3-6H,1-2H3,(H4,13,14,15,17,18,19,20). The number of amides is 2. The average Bonchev–Trinajstić information content (AvgIpc) is 2.76. The van der Waals surface area contributed by atoms with E-state index in [-0.39, 0.29) is 11.2 Å². The number of nitrogens with one attached hydrogen (secondary N) is 2. The first-order valence-corrected chi connectivity index (χ1v) is 8.83. The number of aromatic nitrogens is 1. The molecule has 2 aromatic rings. The molecule has 4 N–H and O–H groups in total. The predicted octanol–water partition coefficient (Wildman–Crippen LogP) is 2.08. The van der Waals surface area contributed by atoms with Crippen LogP contribution in [0.15, 0.2) is 18.2 Å². The molecule has 0 saturated carbocycles. The molecule has 0 saturated heterocycles. The minimum absolute atomic E-state index is 0.139. The van der Waals surface area contributed by atoms with Crippen LogP contribution in [0.3, 0.4) is 0 Å². The fraction of sp³-hybridized carbons (Fsp3) is 0.250. The van der Waals surface area contributed by atoms with Gasteiger partial charge < -0.3 is 14.5 Å². The Kier molecular flexibility index (Phi) is 5.00. The Labute approximate surface area is 134 Å². The third-order valence-electron chi connectivity index (χ3n) is 2.43. The fourth-order valence-electron chi connectivity index (χ4n) is 1.64. The Morgan fingerprint density at radius 2 is 2.04 bits per heavy atom. The number of thiazole rings is 1. The van der Waals surface area contributed by atoms with Crippen molar-refractivity contribution in [1.82, 2.24) is 10.1 Å². The van der Waals surface area contributed by atoms with Crippen molar-refractivity contribution in [2.24, 2.45) is 0 Å². The highest BCUT2D eigenvalue weighted by Gasteiger charge is 2.18. The lowest BCUT2D eigenvalue weighted by Gasteiger charge is -2.07. The summed E-state index contributed by atoms with van der Waals surface area (Å²) in [6.45, 7) is 3.48. The first kappa shape index (κ1) is 17.4. The van der Waals surface area contributed by atoms with Gasteiger partial charge in [0.15, 0.2) is 5.13 Å². The molecule has 0 atom stereocenters. The molecule has 0 aliphatic rings. The number of hydrogen-bond acceptors (Lipinski definition) is 6. The van der Waals surface area contributed by atoms with Gasteiger partial charge in [0.2, 0.25) is 0 Å². The van der Waals surface area contributed by atoms with Crippen LogP contribution in [-0.2, 0) is 9.30 Å². The number of ether oxygens (including phenoxy) is 1. The van der Waals surface area contributed by atoms with Crippen molar-refractivity contribution in [2.75, 3.05) is 5.32 Å². The van der Waals surface area contributed by atoms with Crippen molar-refractivity contribution in [1.29, 1.82) is 0 Å². The monoisotopic (exact) mass is 359 g/mol. The van der Waals surface area contributed by atoms with Crippen LogP contribution >= 0.6 is 19.1 Å². The van der Waals surface area contributed by atoms with Crippen LogP contribution in [0.2, 0.25) is 0 Å². The number of fused-ring (bicyclic) bond motifs is 1. The molecule has 0 unspecified atom stereocenters. The molecule has 0 spiro atoms. The van der Waals surface area contributed by atoms with Gasteiger partial charge in [-0.25, -0.2) is 24.2 Å². The summed E-state index contributed by atoms with van der Waals surface area (Å²) in [6, 6.07) is 3.64. The molecule has 0 aliphatic heterocycles. The molecule has 2 rings (SSSR count). The molecule has 0 radical (unpaired) electrons. The van der Waals surface area contributed by atoms with Gasteiger partial charge in [0.05, 0.1) is 21.9 Å². The van der Waals surface area contributed by atoms with Gasteiger partial charge in [-0.15, -0.1) is 0 Å². The third kappa shape index (κ3) is 5.00. The van der Waals surface area contributed by atoms with Crippen LogP contribution in [0.25, 0.3) is 10.2 Å². The normalized spacial score (nSPS) is 11.5. The van der Waals surface area contributed by atoms with E-state index in [4.69, 9.17) is 14.5 Å². The van der Waals surface area contributed by atoms with Gasteiger partial charge in [-0.1, -0.05) is 11.3 Å². The second kappa shape index (κ2) is 6.63. The molecule has 124 valence electrons. The Hall–Kier alpha value is -2.00. The Morgan fingerprint density at radius 1 is 1.35 bits per heavy atom. The number of rotatable bonds is 4. The highest BCUT2D eigenvalue weighted by molar-refractivity contribution is 7.50. The third-order valence-corrected chi connectivity index (χ3v) is 3.86. The van der Waals surface area contributed by atoms with Gasteiger partial charge in [-0.2, -0.15) is 0 Å². The van der Waals surface area contributed by atoms with E-state index in [2.05, 4.69) is 10.3 Å². The molecule has 2 amide bonds. The second-order valence-electron chi connectivity index (χ2n) is 4.77. The summed E-state index contributed by atoms with van der Waals surface area (Å²) < 4.78 is 16.4. The lowest BCUT2D eigenvalue weighted by atomic mass is 10.2. The fourth-order valence-corrected chi connectivity index (χ4v) is 2.87. The smallest absolute Gasteiger partial charge is 0.431 e. The molecule has 23 heavy (non-hydrogen) atoms. The van der Waals surface area contributed by atoms with Crippen LogP contribution in [0.5, 0.6) is 0 Å². The maximum atomic E-state index is 11.8. The summed E-state index contributed by atoms with van der Waals surface area (Å²) in [5.74, 6) is -0.468. The van der Waals surface area contributed by atoms with Crippen molar-refractivity contribution in [3.8, 4) is 0 Å². The van der Waals surface area contributed by atoms with Crippen LogP contribution in [0, 0.1) is 0 Å². The number of anilines is 1. The van der Waals surface area contributed by atoms with Crippen LogP contribution in [-0.4, -0.2) is 32.9 Å². The Balaban J connectivity index is 2.17. The zero-order chi connectivity index (χ0) is 17.2. The molecule has 11 heteroatoms. The number of urea groups is 1. The molecule has 0 fully saturated rings. The summed E-state index contributed by atoms with van der Waals surface area (Å²) in [7, 11) is -4.67. The first-order valence-electron chi connectivity index (χ1n) is 6.40. The summed E-state index contributed by atoms with van der Waals surface area (Å²) in [6.07, 6.45) is -0.242. The minimum atomic E-state index is -4.67. The largest absolute Gasteiger partial charge is 0.459 e. The number of carbonyl (C=O) groups excluding carboxylic acids is 2. The molecular weight excluding hydrogens is 345 g/mol. The van der Waals surface area contributed by atoms with E-state index in [0.717, 1.165) is 11.3 Å². The number of hydrogen-bond donors (Lipinski definition) is 4. The second-order valence-corrected chi connectivity index (χ2v) is 7.11. The summed E-state index contributed by atoms with van der Waals surface area (Å²) >= 11 is 1.06. The minimum Gasteiger partial charge on any atom is -0.459 e. The van der Waals surface area contributed by atoms with Crippen LogP contribution in [0.4, 0.5) is 9.93 Å². The molecule has 1 aromatic heterocycles. The number of nitrogens with zero attached hydrogens (tertiary/aromatic N) is 1. The topological polar surface area (TPSA) is 138 Å². The summed E-state index contributed by atoms with van der Waals surface area (Å²) in [4.78, 5) is 44.6. The van der Waals surface area contributed by atoms with Gasteiger partial charge in [0.25, 0.3) is 0 Å². The highest BCUT2D eigenvalue weighted by atomic mass is 32.1. The van der Waals surface area contributed by atoms with Crippen LogP contribution in [0.1, 0.15) is 24.2 Å². The molecule has 1 aromatic carbocycles. The van der Waals surface area contributed by atoms with E-state index in [9.17, 15) is 14.2 Å². The van der Waals surface area contributed by atoms with Crippen molar-refractivity contribution in [3.63, 3.8) is 0 Å². The van der Waals surface area contributed by atoms with Crippen LogP contribution < -0.4 is 10.4 Å². The zero-order valence-electron chi connectivity index (χ0n) is 12.1. The molecular formula is C12H14N3O6PS. The summed E-state index contributed by atoms with van der Waals surface area (Å²) in [5, 5.41) is 3.83. The van der Waals surface area contributed by atoms with Crippen molar-refractivity contribution in [3.05, 3.63) is 23.8 Å². The average molecular weight is 359 g/mol. The maximum absolute atomic E-state index is 11.8. The van der Waals surface area contributed by atoms with Crippen molar-refractivity contribution >= 4 is 46.4 Å². The lowest BCUT2D eigenvalue weighted by Crippen LogP contribution is -2.25. The number of carbonyl (C=O) groups is 2. The Morgan fingerprint density at radius 3 is 2.65 bits per heavy atom. The lowest BCUT2D eigenvalue weighted by molar-refractivity contribution is 0.0378. The van der Waals surface area contributed by atoms with E-state index in [1.54, 1.807) is 32.0 Å². The molecule has 0 bridgehead atoms. The molecule has 0 aliphatic carbocycles. The number of benzene rings is 1. The van der Waals surface area contributed by atoms with E-state index < -0.39 is 19.7 Å². The SMILES string of the molecule is CC(C)OC(=O)c1ccc2nc(NC(=O)NP(=O)(O)O)sc2c1. The van der Waals surface area contributed by atoms with E-state index in [1.807, 2.05) is 0 Å². The quantitative estimate of drug-likeness (QED) is 0.484. The van der Waals surface area contributed by atoms with Crippen molar-refractivity contribution in [2.45, 2.75) is 20.0 Å². The molecule has 1 heterocycles. The van der Waals surface area contributed by atoms with Gasteiger partial charge >= 0.3 is 19.7 Å². The maximum Gasteiger partial charge on any atom is 0.431 e. The van der Waals surface area contributed by atoms with Gasteiger partial charge in [-0.3, -0.25) is 5.32 Å². The van der Waals surface area contributed by atoms with Gasteiger partial charge in [0.1, 0.15) is 0 Å². The molecule has 9 nitrogen and oxygen atoms in total. The van der Waals surface area contributed by atoms with E-state index in [1.165, 1.54) is 5.09 Å². The zero-order valence-corrected chi connectivity index (χ0v) is 13.9. The van der Waals surface area contributed by atoms with Crippen molar-refractivity contribution < 1.29 is 28.7 Å². The Bertz CT molecular complexity index is 799. The van der Waals surface area contributed by atoms with Gasteiger partial charge in [-0.05, 0) is 32.0 Å². The first-order chi connectivity index (χ1) is 10.6. The van der Waals surface area contributed by atoms with E-state index >= 15 is 0 Å². The van der Waals surface area contributed by atoms with E-state index in [0.29, 0.717) is 15.8 Å². The highest BCUT2D eigenvalue weighted by Crippen LogP contribution is 2.30. The van der Waals surface area contributed by atoms with Gasteiger partial charge in [0, 0.05) is 0 Å². The number of esters is 1. The summed E-state index contributed by atoms with van der Waals surface area (Å²) in [5.41, 5.74) is 0.878.